The molecule has 1 aliphatic heterocycles. The topological polar surface area (TPSA) is 24.1 Å². The van der Waals surface area contributed by atoms with E-state index in [4.69, 9.17) is 0 Å². The van der Waals surface area contributed by atoms with Crippen LogP contribution < -0.4 is 10.6 Å². The van der Waals surface area contributed by atoms with Gasteiger partial charge in [0.1, 0.15) is 0 Å². The Morgan fingerprint density at radius 1 is 1.35 bits per heavy atom. The van der Waals surface area contributed by atoms with E-state index in [0.717, 1.165) is 19.6 Å². The van der Waals surface area contributed by atoms with E-state index in [1.165, 1.54) is 29.7 Å². The minimum absolute atomic E-state index is 0.398. The van der Waals surface area contributed by atoms with Crippen LogP contribution >= 0.6 is 0 Å². The zero-order valence-electron chi connectivity index (χ0n) is 11.3. The zero-order chi connectivity index (χ0) is 12.3. The summed E-state index contributed by atoms with van der Waals surface area (Å²) in [4.78, 5) is 0. The molecule has 2 nitrogen and oxygen atoms in total. The lowest BCUT2D eigenvalue weighted by atomic mass is 9.90. The Morgan fingerprint density at radius 2 is 2.18 bits per heavy atom. The SMILES string of the molecule is CCC(C)(C)CNCc1ccc2c(c1)NCC2. The summed E-state index contributed by atoms with van der Waals surface area (Å²) in [5.74, 6) is 0. The van der Waals surface area contributed by atoms with Gasteiger partial charge in [-0.25, -0.2) is 0 Å². The zero-order valence-corrected chi connectivity index (χ0v) is 11.3. The van der Waals surface area contributed by atoms with Crippen molar-refractivity contribution in [3.8, 4) is 0 Å². The lowest BCUT2D eigenvalue weighted by Gasteiger charge is -2.23. The molecule has 0 saturated heterocycles. The fourth-order valence-corrected chi connectivity index (χ4v) is 2.12. The van der Waals surface area contributed by atoms with Gasteiger partial charge in [-0.3, -0.25) is 0 Å². The van der Waals surface area contributed by atoms with Crippen molar-refractivity contribution < 1.29 is 0 Å². The first kappa shape index (κ1) is 12.4. The maximum Gasteiger partial charge on any atom is 0.0376 e. The van der Waals surface area contributed by atoms with E-state index in [9.17, 15) is 0 Å². The van der Waals surface area contributed by atoms with Crippen LogP contribution in [0.15, 0.2) is 18.2 Å². The first-order valence-electron chi connectivity index (χ1n) is 6.67. The molecule has 0 fully saturated rings. The van der Waals surface area contributed by atoms with Crippen LogP contribution in [0.4, 0.5) is 5.69 Å². The van der Waals surface area contributed by atoms with E-state index in [1.54, 1.807) is 0 Å². The highest BCUT2D eigenvalue weighted by molar-refractivity contribution is 5.56. The molecule has 1 aromatic rings. The highest BCUT2D eigenvalue weighted by atomic mass is 14.9. The first-order chi connectivity index (χ1) is 8.11. The van der Waals surface area contributed by atoms with Crippen molar-refractivity contribution in [2.24, 2.45) is 5.41 Å². The van der Waals surface area contributed by atoms with Crippen LogP contribution in [-0.2, 0) is 13.0 Å². The van der Waals surface area contributed by atoms with Gasteiger partial charge in [0.15, 0.2) is 0 Å². The average Bonchev–Trinajstić information content (AvgIpc) is 2.76. The van der Waals surface area contributed by atoms with Crippen molar-refractivity contribution in [1.82, 2.24) is 5.32 Å². The number of anilines is 1. The molecule has 0 aliphatic carbocycles. The number of nitrogens with one attached hydrogen (secondary N) is 2. The van der Waals surface area contributed by atoms with Crippen molar-refractivity contribution in [3.63, 3.8) is 0 Å². The summed E-state index contributed by atoms with van der Waals surface area (Å²) in [6.45, 7) is 10.0. The minimum atomic E-state index is 0.398. The molecule has 0 spiro atoms. The highest BCUT2D eigenvalue weighted by Crippen LogP contribution is 2.23. The molecule has 0 saturated carbocycles. The highest BCUT2D eigenvalue weighted by Gasteiger charge is 2.14. The Kier molecular flexibility index (Phi) is 3.72. The van der Waals surface area contributed by atoms with Gasteiger partial charge >= 0.3 is 0 Å². The third-order valence-corrected chi connectivity index (χ3v) is 3.77. The second-order valence-corrected chi connectivity index (χ2v) is 5.79. The predicted octanol–water partition coefficient (Wildman–Crippen LogP) is 3.18. The number of fused-ring (bicyclic) bond motifs is 1. The van der Waals surface area contributed by atoms with Crippen LogP contribution in [-0.4, -0.2) is 13.1 Å². The lowest BCUT2D eigenvalue weighted by molar-refractivity contribution is 0.327. The van der Waals surface area contributed by atoms with Crippen molar-refractivity contribution in [2.45, 2.75) is 40.2 Å². The van der Waals surface area contributed by atoms with Crippen molar-refractivity contribution in [1.29, 1.82) is 0 Å². The predicted molar refractivity (Wildman–Crippen MR) is 74.4 cm³/mol. The molecule has 0 unspecified atom stereocenters. The van der Waals surface area contributed by atoms with Gasteiger partial charge in [0.2, 0.25) is 0 Å². The van der Waals surface area contributed by atoms with E-state index < -0.39 is 0 Å². The fourth-order valence-electron chi connectivity index (χ4n) is 2.12. The van der Waals surface area contributed by atoms with Gasteiger partial charge in [0.25, 0.3) is 0 Å². The van der Waals surface area contributed by atoms with Crippen molar-refractivity contribution in [3.05, 3.63) is 29.3 Å². The molecule has 0 radical (unpaired) electrons. The maximum atomic E-state index is 3.56. The minimum Gasteiger partial charge on any atom is -0.384 e. The largest absolute Gasteiger partial charge is 0.384 e. The Balaban J connectivity index is 1.88. The van der Waals surface area contributed by atoms with Crippen molar-refractivity contribution >= 4 is 5.69 Å². The van der Waals surface area contributed by atoms with Gasteiger partial charge in [0, 0.05) is 25.3 Å². The van der Waals surface area contributed by atoms with Gasteiger partial charge in [-0.1, -0.05) is 32.9 Å². The van der Waals surface area contributed by atoms with Crippen molar-refractivity contribution in [2.75, 3.05) is 18.4 Å². The van der Waals surface area contributed by atoms with E-state index in [1.807, 2.05) is 0 Å². The summed E-state index contributed by atoms with van der Waals surface area (Å²) < 4.78 is 0. The molecule has 0 amide bonds. The third kappa shape index (κ3) is 3.22. The number of hydrogen-bond acceptors (Lipinski definition) is 2. The van der Waals surface area contributed by atoms with E-state index in [0.29, 0.717) is 5.41 Å². The van der Waals surface area contributed by atoms with Gasteiger partial charge in [0.05, 0.1) is 0 Å². The van der Waals surface area contributed by atoms with Gasteiger partial charge in [-0.2, -0.15) is 0 Å². The van der Waals surface area contributed by atoms with Crippen LogP contribution in [0.5, 0.6) is 0 Å². The molecule has 1 aliphatic rings. The Bertz CT molecular complexity index is 383. The normalized spacial score (nSPS) is 14.5. The molecule has 0 bridgehead atoms. The number of rotatable bonds is 5. The smallest absolute Gasteiger partial charge is 0.0376 e. The Hall–Kier alpha value is -1.02. The third-order valence-electron chi connectivity index (χ3n) is 3.77. The van der Waals surface area contributed by atoms with Gasteiger partial charge in [-0.05, 0) is 35.4 Å². The summed E-state index contributed by atoms with van der Waals surface area (Å²) in [5.41, 5.74) is 4.57. The van der Waals surface area contributed by atoms with E-state index >= 15 is 0 Å². The van der Waals surface area contributed by atoms with Crippen LogP contribution in [0.3, 0.4) is 0 Å². The molecule has 2 rings (SSSR count). The molecule has 0 atom stereocenters. The van der Waals surface area contributed by atoms with Crippen LogP contribution in [0.25, 0.3) is 0 Å². The average molecular weight is 232 g/mol. The Morgan fingerprint density at radius 3 is 2.94 bits per heavy atom. The van der Waals surface area contributed by atoms with Gasteiger partial charge < -0.3 is 10.6 Å². The summed E-state index contributed by atoms with van der Waals surface area (Å²) in [7, 11) is 0. The summed E-state index contributed by atoms with van der Waals surface area (Å²) in [6.07, 6.45) is 2.39. The molecular weight excluding hydrogens is 208 g/mol. The molecule has 0 aromatic heterocycles. The molecule has 2 N–H and O–H groups in total. The molecule has 94 valence electrons. The monoisotopic (exact) mass is 232 g/mol. The standard InChI is InChI=1S/C15H24N2/c1-4-15(2,3)11-16-10-12-5-6-13-7-8-17-14(13)9-12/h5-6,9,16-17H,4,7-8,10-11H2,1-3H3. The second kappa shape index (κ2) is 5.09. The molecule has 1 aromatic carbocycles. The second-order valence-electron chi connectivity index (χ2n) is 5.79. The lowest BCUT2D eigenvalue weighted by Crippen LogP contribution is -2.28. The molecule has 1 heterocycles. The van der Waals surface area contributed by atoms with Crippen LogP contribution in [0, 0.1) is 5.41 Å². The maximum absolute atomic E-state index is 3.56. The summed E-state index contributed by atoms with van der Waals surface area (Å²) in [6, 6.07) is 6.80. The molecule has 2 heteroatoms. The van der Waals surface area contributed by atoms with E-state index in [-0.39, 0.29) is 0 Å². The number of benzene rings is 1. The molecule has 17 heavy (non-hydrogen) atoms. The quantitative estimate of drug-likeness (QED) is 0.814. The van der Waals surface area contributed by atoms with E-state index in [2.05, 4.69) is 49.6 Å². The molecular formula is C15H24N2. The summed E-state index contributed by atoms with van der Waals surface area (Å²) >= 11 is 0. The van der Waals surface area contributed by atoms with Crippen LogP contribution in [0.2, 0.25) is 0 Å². The first-order valence-corrected chi connectivity index (χ1v) is 6.67. The fraction of sp³-hybridized carbons (Fsp3) is 0.600. The van der Waals surface area contributed by atoms with Crippen LogP contribution in [0.1, 0.15) is 38.3 Å². The summed E-state index contributed by atoms with van der Waals surface area (Å²) in [5, 5.41) is 6.99. The Labute approximate surface area is 105 Å². The number of hydrogen-bond donors (Lipinski definition) is 2. The van der Waals surface area contributed by atoms with Gasteiger partial charge in [-0.15, -0.1) is 0 Å².